The standard InChI is InChI=1S/C26H50O4Si2/c1-20-21(15-17-28-24-14-12-13-16-27-24)18-22(29-31(8,9)25(2,3)4)19-23(20)30-32(10,11)26(5,6)7/h15,22-24H,1,12-14,16-19H2,2-11H3/b21-15-. The molecule has 0 amide bonds. The summed E-state index contributed by atoms with van der Waals surface area (Å²) in [6, 6.07) is 0. The molecule has 4 nitrogen and oxygen atoms in total. The van der Waals surface area contributed by atoms with Crippen LogP contribution in [0.2, 0.25) is 36.3 Å². The average Bonchev–Trinajstić information content (AvgIpc) is 2.63. The monoisotopic (exact) mass is 482 g/mol. The zero-order valence-corrected chi connectivity index (χ0v) is 24.6. The van der Waals surface area contributed by atoms with Gasteiger partial charge in [-0.15, -0.1) is 0 Å². The topological polar surface area (TPSA) is 36.9 Å². The van der Waals surface area contributed by atoms with Crippen molar-refractivity contribution in [1.82, 2.24) is 0 Å². The van der Waals surface area contributed by atoms with Crippen LogP contribution in [0.3, 0.4) is 0 Å². The van der Waals surface area contributed by atoms with Crippen molar-refractivity contribution in [3.05, 3.63) is 23.8 Å². The minimum absolute atomic E-state index is 0.0107. The summed E-state index contributed by atoms with van der Waals surface area (Å²) < 4.78 is 25.5. The van der Waals surface area contributed by atoms with E-state index in [1.807, 2.05) is 0 Å². The van der Waals surface area contributed by atoms with E-state index in [1.165, 1.54) is 12.0 Å². The van der Waals surface area contributed by atoms with Crippen molar-refractivity contribution < 1.29 is 18.3 Å². The van der Waals surface area contributed by atoms with E-state index < -0.39 is 16.6 Å². The van der Waals surface area contributed by atoms with Crippen molar-refractivity contribution in [2.45, 2.75) is 128 Å². The summed E-state index contributed by atoms with van der Waals surface area (Å²) in [5.74, 6) is 0. The average molecular weight is 483 g/mol. The van der Waals surface area contributed by atoms with Crippen molar-refractivity contribution >= 4 is 16.6 Å². The van der Waals surface area contributed by atoms with E-state index in [9.17, 15) is 0 Å². The van der Waals surface area contributed by atoms with E-state index in [0.29, 0.717) is 6.61 Å². The highest BCUT2D eigenvalue weighted by Gasteiger charge is 2.44. The van der Waals surface area contributed by atoms with Crippen molar-refractivity contribution in [3.8, 4) is 0 Å². The Morgan fingerprint density at radius 2 is 1.56 bits per heavy atom. The normalized spacial score (nSPS) is 27.8. The molecule has 0 aromatic rings. The molecule has 1 aliphatic heterocycles. The first-order valence-electron chi connectivity index (χ1n) is 12.5. The van der Waals surface area contributed by atoms with E-state index in [2.05, 4.69) is 80.4 Å². The molecule has 3 unspecified atom stereocenters. The predicted molar refractivity (Wildman–Crippen MR) is 140 cm³/mol. The lowest BCUT2D eigenvalue weighted by Crippen LogP contribution is -2.49. The van der Waals surface area contributed by atoms with Crippen LogP contribution in [0.25, 0.3) is 0 Å². The molecule has 32 heavy (non-hydrogen) atoms. The maximum absolute atomic E-state index is 6.88. The molecular weight excluding hydrogens is 432 g/mol. The molecule has 1 aliphatic carbocycles. The fourth-order valence-electron chi connectivity index (χ4n) is 3.70. The molecule has 6 heteroatoms. The first-order valence-corrected chi connectivity index (χ1v) is 18.3. The van der Waals surface area contributed by atoms with Crippen molar-refractivity contribution in [3.63, 3.8) is 0 Å². The Bertz CT molecular complexity index is 664. The van der Waals surface area contributed by atoms with Crippen LogP contribution < -0.4 is 0 Å². The summed E-state index contributed by atoms with van der Waals surface area (Å²) in [5.41, 5.74) is 2.34. The zero-order valence-electron chi connectivity index (χ0n) is 22.6. The zero-order chi connectivity index (χ0) is 24.4. The maximum Gasteiger partial charge on any atom is 0.192 e. The van der Waals surface area contributed by atoms with E-state index in [4.69, 9.17) is 18.3 Å². The van der Waals surface area contributed by atoms with E-state index >= 15 is 0 Å². The fourth-order valence-corrected chi connectivity index (χ4v) is 6.37. The molecule has 0 bridgehead atoms. The van der Waals surface area contributed by atoms with Gasteiger partial charge in [-0.1, -0.05) is 54.2 Å². The smallest absolute Gasteiger partial charge is 0.192 e. The quantitative estimate of drug-likeness (QED) is 0.350. The molecule has 0 N–H and O–H groups in total. The summed E-state index contributed by atoms with van der Waals surface area (Å²) in [7, 11) is -3.81. The molecule has 186 valence electrons. The Morgan fingerprint density at radius 1 is 0.969 bits per heavy atom. The Hall–Kier alpha value is -0.246. The molecule has 2 rings (SSSR count). The molecule has 0 radical (unpaired) electrons. The van der Waals surface area contributed by atoms with Gasteiger partial charge in [0.25, 0.3) is 0 Å². The van der Waals surface area contributed by atoms with Gasteiger partial charge in [-0.25, -0.2) is 0 Å². The molecular formula is C26H50O4Si2. The van der Waals surface area contributed by atoms with Crippen LogP contribution >= 0.6 is 0 Å². The molecule has 0 aromatic heterocycles. The maximum atomic E-state index is 6.88. The minimum atomic E-state index is -1.93. The van der Waals surface area contributed by atoms with Crippen LogP contribution in [0.4, 0.5) is 0 Å². The van der Waals surface area contributed by atoms with Crippen LogP contribution in [0.15, 0.2) is 23.8 Å². The third kappa shape index (κ3) is 7.38. The highest BCUT2D eigenvalue weighted by atomic mass is 28.4. The van der Waals surface area contributed by atoms with Crippen LogP contribution in [0, 0.1) is 0 Å². The van der Waals surface area contributed by atoms with Crippen molar-refractivity contribution in [1.29, 1.82) is 0 Å². The predicted octanol–water partition coefficient (Wildman–Crippen LogP) is 7.59. The SMILES string of the molecule is C=C1/C(=C\COC2CCCCO2)CC(O[Si](C)(C)C(C)(C)C)CC1O[Si](C)(C)C(C)(C)C. The molecule has 1 heterocycles. The van der Waals surface area contributed by atoms with Crippen LogP contribution in [0.1, 0.15) is 73.6 Å². The molecule has 2 fully saturated rings. The Kier molecular flexibility index (Phi) is 9.25. The third-order valence-electron chi connectivity index (χ3n) is 7.99. The van der Waals surface area contributed by atoms with Crippen LogP contribution in [-0.2, 0) is 18.3 Å². The van der Waals surface area contributed by atoms with Crippen LogP contribution in [0.5, 0.6) is 0 Å². The first-order chi connectivity index (χ1) is 14.5. The van der Waals surface area contributed by atoms with Crippen molar-refractivity contribution in [2.24, 2.45) is 0 Å². The third-order valence-corrected chi connectivity index (χ3v) is 17.0. The lowest BCUT2D eigenvalue weighted by molar-refractivity contribution is -0.155. The number of ether oxygens (including phenoxy) is 2. The van der Waals surface area contributed by atoms with Gasteiger partial charge in [0.15, 0.2) is 22.9 Å². The summed E-state index contributed by atoms with van der Waals surface area (Å²) in [4.78, 5) is 0. The largest absolute Gasteiger partial charge is 0.413 e. The number of rotatable bonds is 7. The highest BCUT2D eigenvalue weighted by Crippen LogP contribution is 2.44. The van der Waals surface area contributed by atoms with Gasteiger partial charge in [0.1, 0.15) is 0 Å². The van der Waals surface area contributed by atoms with Gasteiger partial charge in [-0.2, -0.15) is 0 Å². The second-order valence-electron chi connectivity index (χ2n) is 12.7. The van der Waals surface area contributed by atoms with Gasteiger partial charge >= 0.3 is 0 Å². The Labute approximate surface area is 200 Å². The Balaban J connectivity index is 2.19. The summed E-state index contributed by atoms with van der Waals surface area (Å²) in [6.07, 6.45) is 7.37. The second-order valence-corrected chi connectivity index (χ2v) is 22.2. The molecule has 2 aliphatic rings. The lowest BCUT2D eigenvalue weighted by Gasteiger charge is -2.45. The summed E-state index contributed by atoms with van der Waals surface area (Å²) >= 11 is 0. The number of hydrogen-bond donors (Lipinski definition) is 0. The highest BCUT2D eigenvalue weighted by molar-refractivity contribution is 6.74. The molecule has 0 aromatic carbocycles. The van der Waals surface area contributed by atoms with Crippen LogP contribution in [-0.4, -0.2) is 48.3 Å². The molecule has 1 saturated carbocycles. The fraction of sp³-hybridized carbons (Fsp3) is 0.846. The minimum Gasteiger partial charge on any atom is -0.413 e. The molecule has 0 spiro atoms. The number of hydrogen-bond acceptors (Lipinski definition) is 4. The van der Waals surface area contributed by atoms with Gasteiger partial charge in [0.2, 0.25) is 0 Å². The van der Waals surface area contributed by atoms with E-state index in [0.717, 1.165) is 37.9 Å². The van der Waals surface area contributed by atoms with Gasteiger partial charge < -0.3 is 18.3 Å². The van der Waals surface area contributed by atoms with Gasteiger partial charge in [0, 0.05) is 13.0 Å². The van der Waals surface area contributed by atoms with Gasteiger partial charge in [-0.3, -0.25) is 0 Å². The molecule has 3 atom stereocenters. The summed E-state index contributed by atoms with van der Waals surface area (Å²) in [6.45, 7) is 29.0. The van der Waals surface area contributed by atoms with E-state index in [1.54, 1.807) is 0 Å². The first kappa shape index (κ1) is 28.0. The van der Waals surface area contributed by atoms with Gasteiger partial charge in [0.05, 0.1) is 18.8 Å². The second kappa shape index (κ2) is 10.6. The Morgan fingerprint density at radius 3 is 2.09 bits per heavy atom. The van der Waals surface area contributed by atoms with Crippen molar-refractivity contribution in [2.75, 3.05) is 13.2 Å². The lowest BCUT2D eigenvalue weighted by atomic mass is 9.86. The van der Waals surface area contributed by atoms with E-state index in [-0.39, 0.29) is 28.6 Å². The molecule has 1 saturated heterocycles. The summed E-state index contributed by atoms with van der Waals surface area (Å²) in [5, 5.41) is 0.342. The van der Waals surface area contributed by atoms with Gasteiger partial charge in [-0.05, 0) is 73.1 Å².